The average molecular weight is 375 g/mol. The molecule has 6 heteroatoms. The fourth-order valence-electron chi connectivity index (χ4n) is 1.69. The second-order valence-electron chi connectivity index (χ2n) is 4.47. The zero-order chi connectivity index (χ0) is 16.1. The fourth-order valence-corrected chi connectivity index (χ4v) is 2.31. The van der Waals surface area contributed by atoms with Crippen molar-refractivity contribution in [2.75, 3.05) is 0 Å². The average Bonchev–Trinajstić information content (AvgIpc) is 2.49. The Hall–Kier alpha value is -1.19. The van der Waals surface area contributed by atoms with E-state index >= 15 is 0 Å². The second-order valence-corrected chi connectivity index (χ2v) is 6.10. The molecule has 0 saturated heterocycles. The molecular weight excluding hydrogens is 364 g/mol. The van der Waals surface area contributed by atoms with Crippen molar-refractivity contribution in [3.8, 4) is 0 Å². The van der Waals surface area contributed by atoms with Gasteiger partial charge in [0, 0.05) is 12.6 Å². The molecule has 0 heterocycles. The van der Waals surface area contributed by atoms with Gasteiger partial charge in [0.15, 0.2) is 0 Å². The molecule has 0 radical (unpaired) electrons. The van der Waals surface area contributed by atoms with Crippen molar-refractivity contribution in [3.05, 3.63) is 73.7 Å². The van der Waals surface area contributed by atoms with E-state index in [-0.39, 0.29) is 5.91 Å². The van der Waals surface area contributed by atoms with Gasteiger partial charge in [-0.1, -0.05) is 58.5 Å². The lowest BCUT2D eigenvalue weighted by atomic mass is 10.2. The lowest BCUT2D eigenvalue weighted by Crippen LogP contribution is -2.20. The van der Waals surface area contributed by atoms with Crippen LogP contribution in [0.4, 0.5) is 0 Å². The van der Waals surface area contributed by atoms with E-state index in [9.17, 15) is 4.79 Å². The maximum absolute atomic E-state index is 11.8. The van der Waals surface area contributed by atoms with E-state index in [1.165, 1.54) is 6.08 Å². The molecule has 114 valence electrons. The van der Waals surface area contributed by atoms with Gasteiger partial charge in [-0.2, -0.15) is 0 Å². The summed E-state index contributed by atoms with van der Waals surface area (Å²) in [5, 5.41) is 4.62. The summed E-state index contributed by atoms with van der Waals surface area (Å²) in [4.78, 5) is 11.8. The van der Waals surface area contributed by atoms with Gasteiger partial charge in [-0.3, -0.25) is 4.79 Å². The molecule has 0 spiro atoms. The standard InChI is InChI=1S/C16H11Cl4NO/c17-12-4-1-10(7-14(12)19)3-6-16(22)21-9-11-2-5-13(18)15(20)8-11/h1-8H,9H2,(H,21,22)/b6-3+. The normalized spacial score (nSPS) is 10.9. The molecule has 0 bridgehead atoms. The Kier molecular flexibility index (Phi) is 6.16. The van der Waals surface area contributed by atoms with E-state index in [4.69, 9.17) is 46.4 Å². The van der Waals surface area contributed by atoms with Crippen molar-refractivity contribution in [2.24, 2.45) is 0 Å². The van der Waals surface area contributed by atoms with Gasteiger partial charge in [-0.15, -0.1) is 0 Å². The largest absolute Gasteiger partial charge is 0.348 e. The summed E-state index contributed by atoms with van der Waals surface area (Å²) in [5.74, 6) is -0.225. The Labute approximate surface area is 148 Å². The number of carbonyl (C=O) groups is 1. The SMILES string of the molecule is O=C(/C=C/c1ccc(Cl)c(Cl)c1)NCc1ccc(Cl)c(Cl)c1. The highest BCUT2D eigenvalue weighted by Gasteiger charge is 2.02. The first-order valence-electron chi connectivity index (χ1n) is 6.30. The molecule has 0 fully saturated rings. The topological polar surface area (TPSA) is 29.1 Å². The molecule has 2 aromatic carbocycles. The minimum absolute atomic E-state index is 0.225. The van der Waals surface area contributed by atoms with Crippen LogP contribution in [0.1, 0.15) is 11.1 Å². The Bertz CT molecular complexity index is 728. The van der Waals surface area contributed by atoms with Crippen LogP contribution in [-0.4, -0.2) is 5.91 Å². The number of benzene rings is 2. The van der Waals surface area contributed by atoms with E-state index in [0.29, 0.717) is 26.6 Å². The summed E-state index contributed by atoms with van der Waals surface area (Å²) in [6.07, 6.45) is 3.09. The van der Waals surface area contributed by atoms with E-state index in [1.54, 1.807) is 42.5 Å². The number of hydrogen-bond acceptors (Lipinski definition) is 1. The molecule has 0 atom stereocenters. The first-order valence-corrected chi connectivity index (χ1v) is 7.82. The molecule has 0 aliphatic rings. The van der Waals surface area contributed by atoms with Gasteiger partial charge in [0.25, 0.3) is 0 Å². The molecular formula is C16H11Cl4NO. The van der Waals surface area contributed by atoms with E-state index < -0.39 is 0 Å². The third-order valence-electron chi connectivity index (χ3n) is 2.82. The zero-order valence-corrected chi connectivity index (χ0v) is 14.3. The molecule has 2 rings (SSSR count). The van der Waals surface area contributed by atoms with Gasteiger partial charge >= 0.3 is 0 Å². The van der Waals surface area contributed by atoms with Crippen LogP contribution >= 0.6 is 46.4 Å². The van der Waals surface area contributed by atoms with Crippen LogP contribution in [0.5, 0.6) is 0 Å². The van der Waals surface area contributed by atoms with Crippen LogP contribution in [0.3, 0.4) is 0 Å². The van der Waals surface area contributed by atoms with Crippen LogP contribution in [0.25, 0.3) is 6.08 Å². The summed E-state index contributed by atoms with van der Waals surface area (Å²) >= 11 is 23.5. The zero-order valence-electron chi connectivity index (χ0n) is 11.2. The van der Waals surface area contributed by atoms with Crippen LogP contribution in [0.2, 0.25) is 20.1 Å². The predicted molar refractivity (Wildman–Crippen MR) is 93.8 cm³/mol. The highest BCUT2D eigenvalue weighted by molar-refractivity contribution is 6.42. The number of nitrogens with one attached hydrogen (secondary N) is 1. The minimum atomic E-state index is -0.225. The highest BCUT2D eigenvalue weighted by atomic mass is 35.5. The Morgan fingerprint density at radius 2 is 1.55 bits per heavy atom. The second kappa shape index (κ2) is 7.89. The molecule has 0 aromatic heterocycles. The van der Waals surface area contributed by atoms with Gasteiger partial charge in [-0.25, -0.2) is 0 Å². The van der Waals surface area contributed by atoms with Crippen molar-refractivity contribution in [2.45, 2.75) is 6.54 Å². The lowest BCUT2D eigenvalue weighted by molar-refractivity contribution is -0.116. The number of hydrogen-bond donors (Lipinski definition) is 1. The molecule has 0 aliphatic heterocycles. The summed E-state index contributed by atoms with van der Waals surface area (Å²) in [5.41, 5.74) is 1.66. The first kappa shape index (κ1) is 17.2. The van der Waals surface area contributed by atoms with Crippen LogP contribution in [-0.2, 0) is 11.3 Å². The maximum atomic E-state index is 11.8. The Morgan fingerprint density at radius 3 is 2.18 bits per heavy atom. The van der Waals surface area contributed by atoms with Crippen molar-refractivity contribution < 1.29 is 4.79 Å². The number of carbonyl (C=O) groups excluding carboxylic acids is 1. The first-order chi connectivity index (χ1) is 10.5. The van der Waals surface area contributed by atoms with Gasteiger partial charge in [0.05, 0.1) is 20.1 Å². The van der Waals surface area contributed by atoms with Gasteiger partial charge < -0.3 is 5.32 Å². The number of amides is 1. The van der Waals surface area contributed by atoms with Crippen molar-refractivity contribution in [3.63, 3.8) is 0 Å². The van der Waals surface area contributed by atoms with Crippen LogP contribution in [0.15, 0.2) is 42.5 Å². The third kappa shape index (κ3) is 4.92. The van der Waals surface area contributed by atoms with Gasteiger partial charge in [-0.05, 0) is 41.5 Å². The quantitative estimate of drug-likeness (QED) is 0.690. The van der Waals surface area contributed by atoms with E-state index in [1.807, 2.05) is 0 Å². The Balaban J connectivity index is 1.93. The molecule has 2 aromatic rings. The maximum Gasteiger partial charge on any atom is 0.244 e. The van der Waals surface area contributed by atoms with Gasteiger partial charge in [0.2, 0.25) is 5.91 Å². The van der Waals surface area contributed by atoms with Gasteiger partial charge in [0.1, 0.15) is 0 Å². The smallest absolute Gasteiger partial charge is 0.244 e. The summed E-state index contributed by atoms with van der Waals surface area (Å²) in [6.45, 7) is 0.363. The molecule has 22 heavy (non-hydrogen) atoms. The molecule has 1 amide bonds. The highest BCUT2D eigenvalue weighted by Crippen LogP contribution is 2.23. The molecule has 0 unspecified atom stereocenters. The lowest BCUT2D eigenvalue weighted by Gasteiger charge is -2.04. The molecule has 1 N–H and O–H groups in total. The molecule has 2 nitrogen and oxygen atoms in total. The fraction of sp³-hybridized carbons (Fsp3) is 0.0625. The summed E-state index contributed by atoms with van der Waals surface area (Å²) in [6, 6.07) is 10.3. The number of rotatable bonds is 4. The Morgan fingerprint density at radius 1 is 0.909 bits per heavy atom. The minimum Gasteiger partial charge on any atom is -0.348 e. The predicted octanol–water partition coefficient (Wildman–Crippen LogP) is 5.63. The molecule has 0 saturated carbocycles. The third-order valence-corrected chi connectivity index (χ3v) is 4.30. The van der Waals surface area contributed by atoms with Crippen molar-refractivity contribution in [1.82, 2.24) is 5.32 Å². The number of halogens is 4. The monoisotopic (exact) mass is 373 g/mol. The van der Waals surface area contributed by atoms with E-state index in [0.717, 1.165) is 11.1 Å². The molecule has 0 aliphatic carbocycles. The van der Waals surface area contributed by atoms with Crippen molar-refractivity contribution >= 4 is 58.4 Å². The summed E-state index contributed by atoms with van der Waals surface area (Å²) < 4.78 is 0. The van der Waals surface area contributed by atoms with Crippen LogP contribution in [0, 0.1) is 0 Å². The van der Waals surface area contributed by atoms with Crippen LogP contribution < -0.4 is 5.32 Å². The van der Waals surface area contributed by atoms with Crippen molar-refractivity contribution in [1.29, 1.82) is 0 Å². The summed E-state index contributed by atoms with van der Waals surface area (Å²) in [7, 11) is 0. The van der Waals surface area contributed by atoms with E-state index in [2.05, 4.69) is 5.32 Å².